The summed E-state index contributed by atoms with van der Waals surface area (Å²) in [7, 11) is 1.94. The minimum atomic E-state index is -0.568. The van der Waals surface area contributed by atoms with Gasteiger partial charge in [-0.25, -0.2) is 4.39 Å². The molecule has 2 aromatic rings. The topological polar surface area (TPSA) is 45.6 Å². The normalized spacial score (nSPS) is 11.2. The van der Waals surface area contributed by atoms with Crippen LogP contribution in [0.4, 0.5) is 4.39 Å². The van der Waals surface area contributed by atoms with Gasteiger partial charge in [-0.3, -0.25) is 9.59 Å². The van der Waals surface area contributed by atoms with Gasteiger partial charge in [0.25, 0.3) is 5.91 Å². The Morgan fingerprint density at radius 3 is 2.14 bits per heavy atom. The van der Waals surface area contributed by atoms with Crippen molar-refractivity contribution in [3.8, 4) is 0 Å². The maximum Gasteiger partial charge on any atom is 0.257 e. The third kappa shape index (κ3) is 6.44. The van der Waals surface area contributed by atoms with Gasteiger partial charge in [0.15, 0.2) is 0 Å². The average molecular weight is 402 g/mol. The molecule has 0 bridgehead atoms. The number of carbonyl (C=O) groups is 2. The third-order valence-corrected chi connectivity index (χ3v) is 4.65. The van der Waals surface area contributed by atoms with Crippen LogP contribution in [0.5, 0.6) is 0 Å². The van der Waals surface area contributed by atoms with Crippen LogP contribution in [0.25, 0.3) is 0 Å². The average Bonchev–Trinajstić information content (AvgIpc) is 3.04. The highest BCUT2D eigenvalue weighted by Gasteiger charge is 2.25. The van der Waals surface area contributed by atoms with Crippen molar-refractivity contribution in [2.24, 2.45) is 18.9 Å². The van der Waals surface area contributed by atoms with Gasteiger partial charge in [0.1, 0.15) is 12.4 Å². The number of aromatic nitrogens is 1. The van der Waals surface area contributed by atoms with Crippen molar-refractivity contribution in [2.45, 2.75) is 34.2 Å². The Bertz CT molecular complexity index is 829. The molecule has 0 N–H and O–H groups in total. The molecule has 2 rings (SSSR count). The van der Waals surface area contributed by atoms with Crippen molar-refractivity contribution in [1.29, 1.82) is 0 Å². The third-order valence-electron chi connectivity index (χ3n) is 4.65. The van der Waals surface area contributed by atoms with E-state index in [1.165, 1.54) is 17.0 Å². The van der Waals surface area contributed by atoms with E-state index in [-0.39, 0.29) is 23.9 Å². The number of halogens is 1. The zero-order valence-corrected chi connectivity index (χ0v) is 18.1. The number of nitrogens with zero attached hydrogens (tertiary/aromatic N) is 3. The van der Waals surface area contributed by atoms with E-state index in [0.29, 0.717) is 25.6 Å². The minimum absolute atomic E-state index is 0.00112. The van der Waals surface area contributed by atoms with Gasteiger partial charge >= 0.3 is 0 Å². The quantitative estimate of drug-likeness (QED) is 0.639. The predicted molar refractivity (Wildman–Crippen MR) is 113 cm³/mol. The van der Waals surface area contributed by atoms with Gasteiger partial charge in [0.2, 0.25) is 5.91 Å². The molecule has 0 aliphatic rings. The molecule has 158 valence electrons. The number of aryl methyl sites for hydroxylation is 1. The lowest BCUT2D eigenvalue weighted by Gasteiger charge is -2.30. The van der Waals surface area contributed by atoms with Gasteiger partial charge in [-0.05, 0) is 36.1 Å². The summed E-state index contributed by atoms with van der Waals surface area (Å²) in [5.41, 5.74) is 1.02. The van der Waals surface area contributed by atoms with Crippen LogP contribution in [0.15, 0.2) is 42.6 Å². The van der Waals surface area contributed by atoms with Crippen LogP contribution < -0.4 is 0 Å². The van der Waals surface area contributed by atoms with E-state index >= 15 is 0 Å². The summed E-state index contributed by atoms with van der Waals surface area (Å²) >= 11 is 0. The number of rotatable bonds is 9. The van der Waals surface area contributed by atoms with Gasteiger partial charge in [0.05, 0.1) is 12.1 Å². The van der Waals surface area contributed by atoms with Gasteiger partial charge in [0, 0.05) is 32.0 Å². The lowest BCUT2D eigenvalue weighted by atomic mass is 10.1. The molecule has 0 spiro atoms. The van der Waals surface area contributed by atoms with Crippen molar-refractivity contribution < 1.29 is 14.0 Å². The number of hydrogen-bond acceptors (Lipinski definition) is 2. The first kappa shape index (κ1) is 22.7. The molecule has 0 fully saturated rings. The molecule has 1 aromatic carbocycles. The Hall–Kier alpha value is -2.63. The van der Waals surface area contributed by atoms with Crippen LogP contribution in [0.2, 0.25) is 0 Å². The fourth-order valence-corrected chi connectivity index (χ4v) is 3.28. The van der Waals surface area contributed by atoms with Crippen LogP contribution in [0, 0.1) is 17.7 Å². The fraction of sp³-hybridized carbons (Fsp3) is 0.478. The van der Waals surface area contributed by atoms with Gasteiger partial charge in [-0.2, -0.15) is 0 Å². The van der Waals surface area contributed by atoms with Crippen molar-refractivity contribution >= 4 is 11.8 Å². The summed E-state index contributed by atoms with van der Waals surface area (Å²) in [6.07, 6.45) is 1.94. The van der Waals surface area contributed by atoms with E-state index in [1.54, 1.807) is 17.0 Å². The Morgan fingerprint density at radius 1 is 0.966 bits per heavy atom. The first-order valence-electron chi connectivity index (χ1n) is 10.1. The van der Waals surface area contributed by atoms with Crippen molar-refractivity contribution in [1.82, 2.24) is 14.4 Å². The number of hydrogen-bond donors (Lipinski definition) is 0. The predicted octanol–water partition coefficient (Wildman–Crippen LogP) is 3.95. The van der Waals surface area contributed by atoms with Crippen molar-refractivity contribution in [3.63, 3.8) is 0 Å². The van der Waals surface area contributed by atoms with E-state index in [0.717, 1.165) is 5.69 Å². The van der Waals surface area contributed by atoms with Crippen LogP contribution in [-0.4, -0.2) is 45.8 Å². The smallest absolute Gasteiger partial charge is 0.257 e. The highest BCUT2D eigenvalue weighted by atomic mass is 19.1. The molecule has 0 atom stereocenters. The molecule has 0 saturated carbocycles. The second-order valence-electron chi connectivity index (χ2n) is 8.34. The zero-order chi connectivity index (χ0) is 21.6. The molecule has 29 heavy (non-hydrogen) atoms. The summed E-state index contributed by atoms with van der Waals surface area (Å²) in [5, 5.41) is 0. The molecule has 2 amide bonds. The molecule has 5 nitrogen and oxygen atoms in total. The summed E-state index contributed by atoms with van der Waals surface area (Å²) in [6, 6.07) is 9.84. The van der Waals surface area contributed by atoms with E-state index in [2.05, 4.69) is 13.8 Å². The maximum absolute atomic E-state index is 14.2. The van der Waals surface area contributed by atoms with E-state index in [9.17, 15) is 14.0 Å². The Balaban J connectivity index is 2.22. The SMILES string of the molecule is CC(C)CN(Cc1cccn1C)C(=O)CN(CC(C)C)C(=O)c1ccccc1F. The van der Waals surface area contributed by atoms with Crippen LogP contribution in [0.3, 0.4) is 0 Å². The second-order valence-corrected chi connectivity index (χ2v) is 8.34. The highest BCUT2D eigenvalue weighted by Crippen LogP contribution is 2.14. The largest absolute Gasteiger partial charge is 0.353 e. The summed E-state index contributed by atoms with van der Waals surface area (Å²) in [5.74, 6) is -0.703. The van der Waals surface area contributed by atoms with Gasteiger partial charge in [-0.1, -0.05) is 39.8 Å². The first-order chi connectivity index (χ1) is 13.7. The van der Waals surface area contributed by atoms with Crippen LogP contribution in [0.1, 0.15) is 43.7 Å². The summed E-state index contributed by atoms with van der Waals surface area (Å²) in [6.45, 7) is 9.45. The Morgan fingerprint density at radius 2 is 1.59 bits per heavy atom. The standard InChI is InChI=1S/C23H32FN3O2/c1-17(2)13-26(15-19-9-8-12-25(19)5)22(28)16-27(14-18(3)4)23(29)20-10-6-7-11-21(20)24/h6-12,17-18H,13-16H2,1-5H3. The molecule has 0 radical (unpaired) electrons. The highest BCUT2D eigenvalue weighted by molar-refractivity contribution is 5.96. The molecule has 0 aliphatic carbocycles. The van der Waals surface area contributed by atoms with Gasteiger partial charge < -0.3 is 14.4 Å². The Labute approximate surface area is 173 Å². The molecule has 0 unspecified atom stereocenters. The number of carbonyl (C=O) groups excluding carboxylic acids is 2. The monoisotopic (exact) mass is 401 g/mol. The van der Waals surface area contributed by atoms with Gasteiger partial charge in [-0.15, -0.1) is 0 Å². The molecule has 0 saturated heterocycles. The molecular weight excluding hydrogens is 369 g/mol. The molecule has 1 aromatic heterocycles. The fourth-order valence-electron chi connectivity index (χ4n) is 3.28. The summed E-state index contributed by atoms with van der Waals surface area (Å²) < 4.78 is 16.1. The zero-order valence-electron chi connectivity index (χ0n) is 18.1. The summed E-state index contributed by atoms with van der Waals surface area (Å²) in [4.78, 5) is 29.4. The van der Waals surface area contributed by atoms with E-state index in [4.69, 9.17) is 0 Å². The second kappa shape index (κ2) is 10.2. The van der Waals surface area contributed by atoms with Crippen molar-refractivity contribution in [3.05, 3.63) is 59.7 Å². The molecule has 6 heteroatoms. The molecule has 1 heterocycles. The lowest BCUT2D eigenvalue weighted by molar-refractivity contribution is -0.133. The van der Waals surface area contributed by atoms with Crippen LogP contribution >= 0.6 is 0 Å². The molecular formula is C23H32FN3O2. The minimum Gasteiger partial charge on any atom is -0.353 e. The number of benzene rings is 1. The van der Waals surface area contributed by atoms with Crippen LogP contribution in [-0.2, 0) is 18.4 Å². The molecule has 0 aliphatic heterocycles. The number of amides is 2. The van der Waals surface area contributed by atoms with E-state index in [1.807, 2.05) is 43.8 Å². The van der Waals surface area contributed by atoms with E-state index < -0.39 is 11.7 Å². The Kier molecular flexibility index (Phi) is 8.00. The first-order valence-corrected chi connectivity index (χ1v) is 10.1. The maximum atomic E-state index is 14.2. The lowest BCUT2D eigenvalue weighted by Crippen LogP contribution is -2.45. The van der Waals surface area contributed by atoms with Crippen molar-refractivity contribution in [2.75, 3.05) is 19.6 Å².